The van der Waals surface area contributed by atoms with Crippen LogP contribution < -0.4 is 9.62 Å². The lowest BCUT2D eigenvalue weighted by Crippen LogP contribution is -2.22. The van der Waals surface area contributed by atoms with Crippen LogP contribution in [0.4, 0.5) is 11.4 Å². The second-order valence-corrected chi connectivity index (χ2v) is 7.45. The summed E-state index contributed by atoms with van der Waals surface area (Å²) in [5.74, 6) is 0. The number of rotatable bonds is 5. The number of nitrogens with zero attached hydrogens (tertiary/aromatic N) is 1. The third-order valence-electron chi connectivity index (χ3n) is 3.93. The van der Waals surface area contributed by atoms with Crippen LogP contribution in [0.15, 0.2) is 24.3 Å². The molecule has 3 rings (SSSR count). The molecule has 0 aromatic heterocycles. The van der Waals surface area contributed by atoms with Crippen molar-refractivity contribution in [1.29, 1.82) is 0 Å². The summed E-state index contributed by atoms with van der Waals surface area (Å²) in [6, 6.07) is 7.58. The van der Waals surface area contributed by atoms with Gasteiger partial charge in [-0.3, -0.25) is 4.72 Å². The lowest BCUT2D eigenvalue weighted by atomic mass is 10.2. The van der Waals surface area contributed by atoms with E-state index in [0.29, 0.717) is 11.8 Å². The molecule has 1 heterocycles. The van der Waals surface area contributed by atoms with E-state index >= 15 is 0 Å². The molecule has 20 heavy (non-hydrogen) atoms. The van der Waals surface area contributed by atoms with Gasteiger partial charge in [0.25, 0.3) is 0 Å². The number of nitrogens with one attached hydrogen (secondary N) is 1. The zero-order chi connectivity index (χ0) is 14.2. The van der Waals surface area contributed by atoms with Crippen LogP contribution in [-0.4, -0.2) is 40.0 Å². The average molecular weight is 296 g/mol. The first-order chi connectivity index (χ1) is 9.58. The minimum Gasteiger partial charge on any atom is -0.380 e. The summed E-state index contributed by atoms with van der Waals surface area (Å²) in [6.45, 7) is 1.87. The molecule has 1 aliphatic carbocycles. The molecule has 1 aromatic carbocycles. The minimum atomic E-state index is -3.17. The van der Waals surface area contributed by atoms with E-state index in [1.165, 1.54) is 0 Å². The number of ether oxygens (including phenoxy) is 1. The molecule has 0 bridgehead atoms. The summed E-state index contributed by atoms with van der Waals surface area (Å²) >= 11 is 0. The molecule has 1 N–H and O–H groups in total. The average Bonchev–Trinajstić information content (AvgIpc) is 3.19. The highest BCUT2D eigenvalue weighted by atomic mass is 32.2. The standard InChI is InChI=1S/C14H20N2O3S/c1-19-13-8-9-16(10-13)12-4-2-11(3-5-12)15-20(17,18)14-6-7-14/h2-5,13-15H,6-10H2,1H3/t13-/m0/s1. The third-order valence-corrected chi connectivity index (χ3v) is 5.80. The molecule has 2 aliphatic rings. The molecule has 5 nitrogen and oxygen atoms in total. The fourth-order valence-electron chi connectivity index (χ4n) is 2.52. The van der Waals surface area contributed by atoms with E-state index in [1.807, 2.05) is 24.3 Å². The molecule has 0 unspecified atom stereocenters. The Bertz CT molecular complexity index is 567. The monoisotopic (exact) mass is 296 g/mol. The molecular weight excluding hydrogens is 276 g/mol. The highest BCUT2D eigenvalue weighted by Crippen LogP contribution is 2.30. The van der Waals surface area contributed by atoms with Crippen molar-refractivity contribution in [2.75, 3.05) is 29.8 Å². The van der Waals surface area contributed by atoms with E-state index in [9.17, 15) is 8.42 Å². The number of anilines is 2. The first kappa shape index (κ1) is 13.7. The van der Waals surface area contributed by atoms with Crippen molar-refractivity contribution in [1.82, 2.24) is 0 Å². The molecule has 0 radical (unpaired) electrons. The molecule has 0 spiro atoms. The molecule has 1 saturated heterocycles. The molecule has 0 amide bonds. The third kappa shape index (κ3) is 2.91. The van der Waals surface area contributed by atoms with E-state index in [4.69, 9.17) is 4.74 Å². The quantitative estimate of drug-likeness (QED) is 0.900. The van der Waals surface area contributed by atoms with Gasteiger partial charge in [-0.1, -0.05) is 0 Å². The molecule has 1 aliphatic heterocycles. The van der Waals surface area contributed by atoms with E-state index in [0.717, 1.165) is 38.0 Å². The van der Waals surface area contributed by atoms with Crippen LogP contribution in [0.1, 0.15) is 19.3 Å². The maximum absolute atomic E-state index is 11.8. The highest BCUT2D eigenvalue weighted by molar-refractivity contribution is 7.93. The second-order valence-electron chi connectivity index (χ2n) is 5.49. The lowest BCUT2D eigenvalue weighted by Gasteiger charge is -2.18. The Morgan fingerprint density at radius 2 is 1.90 bits per heavy atom. The summed E-state index contributed by atoms with van der Waals surface area (Å²) < 4.78 is 31.7. The Morgan fingerprint density at radius 1 is 1.20 bits per heavy atom. The highest BCUT2D eigenvalue weighted by Gasteiger charge is 2.35. The molecule has 6 heteroatoms. The summed E-state index contributed by atoms with van der Waals surface area (Å²) in [4.78, 5) is 2.26. The fraction of sp³-hybridized carbons (Fsp3) is 0.571. The SMILES string of the molecule is CO[C@H]1CCN(c2ccc(NS(=O)(=O)C3CC3)cc2)C1. The van der Waals surface area contributed by atoms with Crippen molar-refractivity contribution in [2.24, 2.45) is 0 Å². The van der Waals surface area contributed by atoms with Gasteiger partial charge in [-0.2, -0.15) is 0 Å². The maximum Gasteiger partial charge on any atom is 0.235 e. The molecule has 2 fully saturated rings. The molecular formula is C14H20N2O3S. The van der Waals surface area contributed by atoms with Crippen molar-refractivity contribution in [3.8, 4) is 0 Å². The van der Waals surface area contributed by atoms with Gasteiger partial charge < -0.3 is 9.64 Å². The van der Waals surface area contributed by atoms with Gasteiger partial charge in [-0.25, -0.2) is 8.42 Å². The van der Waals surface area contributed by atoms with Crippen LogP contribution in [0.3, 0.4) is 0 Å². The topological polar surface area (TPSA) is 58.6 Å². The van der Waals surface area contributed by atoms with E-state index in [-0.39, 0.29) is 5.25 Å². The summed E-state index contributed by atoms with van der Waals surface area (Å²) in [7, 11) is -1.43. The summed E-state index contributed by atoms with van der Waals surface area (Å²) in [5, 5.41) is -0.191. The maximum atomic E-state index is 11.8. The van der Waals surface area contributed by atoms with Gasteiger partial charge >= 0.3 is 0 Å². The summed E-state index contributed by atoms with van der Waals surface area (Å²) in [5.41, 5.74) is 1.75. The van der Waals surface area contributed by atoms with Gasteiger partial charge in [0.2, 0.25) is 10.0 Å². The van der Waals surface area contributed by atoms with Gasteiger partial charge in [-0.05, 0) is 43.5 Å². The Morgan fingerprint density at radius 3 is 2.45 bits per heavy atom. The van der Waals surface area contributed by atoms with Crippen LogP contribution in [-0.2, 0) is 14.8 Å². The number of benzene rings is 1. The van der Waals surface area contributed by atoms with Gasteiger partial charge in [-0.15, -0.1) is 0 Å². The number of sulfonamides is 1. The first-order valence-electron chi connectivity index (χ1n) is 6.98. The van der Waals surface area contributed by atoms with Gasteiger partial charge in [0.05, 0.1) is 11.4 Å². The molecule has 1 saturated carbocycles. The lowest BCUT2D eigenvalue weighted by molar-refractivity contribution is 0.121. The fourth-order valence-corrected chi connectivity index (χ4v) is 3.91. The van der Waals surface area contributed by atoms with E-state index in [1.54, 1.807) is 7.11 Å². The summed E-state index contributed by atoms with van der Waals surface area (Å²) in [6.07, 6.45) is 2.88. The normalized spacial score (nSPS) is 23.1. The zero-order valence-electron chi connectivity index (χ0n) is 11.6. The molecule has 1 atom stereocenters. The van der Waals surface area contributed by atoms with Gasteiger partial charge in [0.1, 0.15) is 0 Å². The van der Waals surface area contributed by atoms with Crippen LogP contribution in [0.5, 0.6) is 0 Å². The van der Waals surface area contributed by atoms with Crippen LogP contribution in [0, 0.1) is 0 Å². The Kier molecular flexibility index (Phi) is 3.60. The predicted octanol–water partition coefficient (Wildman–Crippen LogP) is 1.82. The Labute approximate surface area is 120 Å². The van der Waals surface area contributed by atoms with Crippen molar-refractivity contribution in [3.05, 3.63) is 24.3 Å². The van der Waals surface area contributed by atoms with Crippen LogP contribution in [0.2, 0.25) is 0 Å². The second kappa shape index (κ2) is 5.26. The number of hydrogen-bond donors (Lipinski definition) is 1. The molecule has 1 aromatic rings. The zero-order valence-corrected chi connectivity index (χ0v) is 12.4. The largest absolute Gasteiger partial charge is 0.380 e. The number of methoxy groups -OCH3 is 1. The number of hydrogen-bond acceptors (Lipinski definition) is 4. The Balaban J connectivity index is 1.66. The van der Waals surface area contributed by atoms with Crippen molar-refractivity contribution in [3.63, 3.8) is 0 Å². The van der Waals surface area contributed by atoms with E-state index < -0.39 is 10.0 Å². The molecule has 110 valence electrons. The predicted molar refractivity (Wildman–Crippen MR) is 79.6 cm³/mol. The minimum absolute atomic E-state index is 0.191. The first-order valence-corrected chi connectivity index (χ1v) is 8.52. The van der Waals surface area contributed by atoms with E-state index in [2.05, 4.69) is 9.62 Å². The smallest absolute Gasteiger partial charge is 0.235 e. The van der Waals surface area contributed by atoms with Crippen molar-refractivity contribution < 1.29 is 13.2 Å². The Hall–Kier alpha value is -1.27. The van der Waals surface area contributed by atoms with Crippen LogP contribution in [0.25, 0.3) is 0 Å². The van der Waals surface area contributed by atoms with Crippen molar-refractivity contribution >= 4 is 21.4 Å². The van der Waals surface area contributed by atoms with Gasteiger partial charge in [0.15, 0.2) is 0 Å². The van der Waals surface area contributed by atoms with Crippen molar-refractivity contribution in [2.45, 2.75) is 30.6 Å². The van der Waals surface area contributed by atoms with Crippen LogP contribution >= 0.6 is 0 Å². The van der Waals surface area contributed by atoms with Gasteiger partial charge in [0, 0.05) is 31.6 Å².